The summed E-state index contributed by atoms with van der Waals surface area (Å²) in [4.78, 5) is 14.0. The van der Waals surface area contributed by atoms with Crippen molar-refractivity contribution in [1.82, 2.24) is 4.90 Å². The van der Waals surface area contributed by atoms with Crippen molar-refractivity contribution in [2.24, 2.45) is 0 Å². The zero-order chi connectivity index (χ0) is 21.2. The summed E-state index contributed by atoms with van der Waals surface area (Å²) in [7, 11) is -3.76. The van der Waals surface area contributed by atoms with Crippen LogP contribution in [0, 0.1) is 5.82 Å². The van der Waals surface area contributed by atoms with Crippen LogP contribution in [0.4, 0.5) is 17.6 Å². The lowest BCUT2D eigenvalue weighted by Crippen LogP contribution is -2.45. The molecule has 2 aromatic rings. The van der Waals surface area contributed by atoms with Crippen molar-refractivity contribution in [3.8, 4) is 5.75 Å². The first-order chi connectivity index (χ1) is 13.6. The minimum atomic E-state index is -4.83. The van der Waals surface area contributed by atoms with Crippen LogP contribution in [-0.2, 0) is 9.84 Å². The molecule has 0 saturated carbocycles. The molecule has 10 heteroatoms. The molecule has 0 bridgehead atoms. The number of rotatable bonds is 4. The van der Waals surface area contributed by atoms with Crippen LogP contribution >= 0.6 is 0 Å². The zero-order valence-corrected chi connectivity index (χ0v) is 15.8. The lowest BCUT2D eigenvalue weighted by atomic mass is 10.1. The smallest absolute Gasteiger partial charge is 0.406 e. The van der Waals surface area contributed by atoms with Crippen molar-refractivity contribution in [3.05, 3.63) is 59.9 Å². The third kappa shape index (κ3) is 5.06. The number of sulfone groups is 1. The number of nitrogens with zero attached hydrogens (tertiary/aromatic N) is 1. The van der Waals surface area contributed by atoms with Gasteiger partial charge in [0.15, 0.2) is 9.84 Å². The van der Waals surface area contributed by atoms with E-state index < -0.39 is 38.9 Å². The van der Waals surface area contributed by atoms with Crippen LogP contribution < -0.4 is 4.74 Å². The Bertz CT molecular complexity index is 973. The fraction of sp³-hybridized carbons (Fsp3) is 0.316. The number of ether oxygens (including phenoxy) is 1. The van der Waals surface area contributed by atoms with E-state index in [1.165, 1.54) is 29.2 Å². The van der Waals surface area contributed by atoms with Crippen LogP contribution in [-0.4, -0.2) is 43.9 Å². The minimum absolute atomic E-state index is 0.0214. The normalized spacial score (nSPS) is 17.8. The molecule has 0 aliphatic carbocycles. The monoisotopic (exact) mass is 431 g/mol. The van der Waals surface area contributed by atoms with Crippen LogP contribution in [0.3, 0.4) is 0 Å². The minimum Gasteiger partial charge on any atom is -0.406 e. The van der Waals surface area contributed by atoms with Gasteiger partial charge in [0.25, 0.3) is 5.91 Å². The van der Waals surface area contributed by atoms with Crippen LogP contribution in [0.2, 0.25) is 0 Å². The lowest BCUT2D eigenvalue weighted by Gasteiger charge is -2.32. The number of amides is 1. The molecule has 0 aromatic heterocycles. The summed E-state index contributed by atoms with van der Waals surface area (Å²) in [5.41, 5.74) is 0.124. The Morgan fingerprint density at radius 3 is 2.24 bits per heavy atom. The van der Waals surface area contributed by atoms with Gasteiger partial charge in [-0.05, 0) is 61.4 Å². The molecule has 0 radical (unpaired) electrons. The summed E-state index contributed by atoms with van der Waals surface area (Å²) >= 11 is 0. The van der Waals surface area contributed by atoms with Crippen molar-refractivity contribution in [1.29, 1.82) is 0 Å². The van der Waals surface area contributed by atoms with Gasteiger partial charge in [0, 0.05) is 18.7 Å². The highest BCUT2D eigenvalue weighted by Gasteiger charge is 2.34. The van der Waals surface area contributed by atoms with Gasteiger partial charge in [-0.3, -0.25) is 4.79 Å². The summed E-state index contributed by atoms with van der Waals surface area (Å²) in [5.74, 6) is -1.49. The Kier molecular flexibility index (Phi) is 5.83. The number of hydrogen-bond acceptors (Lipinski definition) is 4. The van der Waals surface area contributed by atoms with Crippen molar-refractivity contribution < 1.29 is 35.5 Å². The first-order valence-corrected chi connectivity index (χ1v) is 10.3. The Balaban J connectivity index is 1.73. The van der Waals surface area contributed by atoms with Crippen LogP contribution in [0.25, 0.3) is 0 Å². The summed E-state index contributed by atoms with van der Waals surface area (Å²) in [5, 5.41) is -0.849. The van der Waals surface area contributed by atoms with Gasteiger partial charge >= 0.3 is 6.36 Å². The number of carbonyl (C=O) groups is 1. The molecule has 1 amide bonds. The molecule has 1 aliphatic heterocycles. The van der Waals surface area contributed by atoms with Crippen LogP contribution in [0.5, 0.6) is 5.75 Å². The topological polar surface area (TPSA) is 63.7 Å². The predicted octanol–water partition coefficient (Wildman–Crippen LogP) is 3.80. The van der Waals surface area contributed by atoms with Gasteiger partial charge in [-0.15, -0.1) is 13.2 Å². The van der Waals surface area contributed by atoms with E-state index in [1.54, 1.807) is 0 Å². The second-order valence-corrected chi connectivity index (χ2v) is 8.81. The quantitative estimate of drug-likeness (QED) is 0.546. The first kappa shape index (κ1) is 21.1. The lowest BCUT2D eigenvalue weighted by molar-refractivity contribution is -0.274. The Morgan fingerprint density at radius 2 is 1.66 bits per heavy atom. The Hall–Kier alpha value is -2.62. The molecule has 1 fully saturated rings. The van der Waals surface area contributed by atoms with Gasteiger partial charge < -0.3 is 9.64 Å². The molecule has 156 valence electrons. The predicted molar refractivity (Wildman–Crippen MR) is 95.6 cm³/mol. The number of likely N-dealkylation sites (tertiary alicyclic amines) is 1. The molecular weight excluding hydrogens is 414 g/mol. The van der Waals surface area contributed by atoms with Crippen LogP contribution in [0.15, 0.2) is 53.4 Å². The SMILES string of the molecule is O=C(c1ccc(OC(F)(F)F)cc1)N1CCCC(S(=O)(=O)c2ccc(F)cc2)C1. The van der Waals surface area contributed by atoms with Crippen molar-refractivity contribution in [3.63, 3.8) is 0 Å². The van der Waals surface area contributed by atoms with Crippen molar-refractivity contribution >= 4 is 15.7 Å². The summed E-state index contributed by atoms with van der Waals surface area (Å²) in [6.07, 6.45) is -4.03. The van der Waals surface area contributed by atoms with E-state index in [1.807, 2.05) is 0 Å². The van der Waals surface area contributed by atoms with Crippen molar-refractivity contribution in [2.75, 3.05) is 13.1 Å². The van der Waals surface area contributed by atoms with Crippen molar-refractivity contribution in [2.45, 2.75) is 29.3 Å². The molecule has 0 N–H and O–H groups in total. The molecule has 5 nitrogen and oxygen atoms in total. The van der Waals surface area contributed by atoms with Gasteiger partial charge in [0.05, 0.1) is 10.1 Å². The van der Waals surface area contributed by atoms with Gasteiger partial charge in [-0.1, -0.05) is 0 Å². The molecule has 1 aliphatic rings. The highest BCUT2D eigenvalue weighted by molar-refractivity contribution is 7.92. The zero-order valence-electron chi connectivity index (χ0n) is 15.0. The molecular formula is C19H17F4NO4S. The standard InChI is InChI=1S/C19H17F4NO4S/c20-14-5-9-16(10-6-14)29(26,27)17-2-1-11-24(12-17)18(25)13-3-7-15(8-4-13)28-19(21,22)23/h3-10,17H,1-2,11-12H2. The summed E-state index contributed by atoms with van der Waals surface area (Å²) in [6, 6.07) is 8.93. The van der Waals surface area contributed by atoms with E-state index >= 15 is 0 Å². The number of halogens is 4. The summed E-state index contributed by atoms with van der Waals surface area (Å²) in [6.45, 7) is 0.272. The average Bonchev–Trinajstić information content (AvgIpc) is 2.67. The van der Waals surface area contributed by atoms with Crippen LogP contribution in [0.1, 0.15) is 23.2 Å². The molecule has 1 atom stereocenters. The van der Waals surface area contributed by atoms with E-state index in [4.69, 9.17) is 0 Å². The van der Waals surface area contributed by atoms with E-state index in [9.17, 15) is 30.8 Å². The molecule has 1 unspecified atom stereocenters. The van der Waals surface area contributed by atoms with E-state index in [0.29, 0.717) is 19.4 Å². The fourth-order valence-electron chi connectivity index (χ4n) is 3.17. The van der Waals surface area contributed by atoms with Gasteiger partial charge in [-0.25, -0.2) is 12.8 Å². The molecule has 3 rings (SSSR count). The molecule has 1 heterocycles. The maximum Gasteiger partial charge on any atom is 0.573 e. The average molecular weight is 431 g/mol. The van der Waals surface area contributed by atoms with E-state index in [0.717, 1.165) is 24.3 Å². The van der Waals surface area contributed by atoms with Gasteiger partial charge in [0.2, 0.25) is 0 Å². The van der Waals surface area contributed by atoms with E-state index in [-0.39, 0.29) is 17.0 Å². The third-order valence-electron chi connectivity index (χ3n) is 4.58. The number of hydrogen-bond donors (Lipinski definition) is 0. The second-order valence-electron chi connectivity index (χ2n) is 6.59. The van der Waals surface area contributed by atoms with Gasteiger partial charge in [0.1, 0.15) is 11.6 Å². The number of alkyl halides is 3. The fourth-order valence-corrected chi connectivity index (χ4v) is 4.93. The molecule has 1 saturated heterocycles. The second kappa shape index (κ2) is 8.02. The highest BCUT2D eigenvalue weighted by Crippen LogP contribution is 2.26. The largest absolute Gasteiger partial charge is 0.573 e. The van der Waals surface area contributed by atoms with E-state index in [2.05, 4.69) is 4.74 Å². The summed E-state index contributed by atoms with van der Waals surface area (Å²) < 4.78 is 79.1. The number of carbonyl (C=O) groups excluding carboxylic acids is 1. The number of benzene rings is 2. The third-order valence-corrected chi connectivity index (χ3v) is 6.77. The molecule has 2 aromatic carbocycles. The Labute approximate surface area is 164 Å². The molecule has 29 heavy (non-hydrogen) atoms. The number of piperidine rings is 1. The highest BCUT2D eigenvalue weighted by atomic mass is 32.2. The Morgan fingerprint density at radius 1 is 1.03 bits per heavy atom. The molecule has 0 spiro atoms. The first-order valence-electron chi connectivity index (χ1n) is 8.71. The maximum atomic E-state index is 13.1. The maximum absolute atomic E-state index is 13.1. The van der Waals surface area contributed by atoms with Gasteiger partial charge in [-0.2, -0.15) is 0 Å².